The van der Waals surface area contributed by atoms with Gasteiger partial charge in [0, 0.05) is 13.1 Å². The van der Waals surface area contributed by atoms with Crippen LogP contribution in [0.4, 0.5) is 5.88 Å². The summed E-state index contributed by atoms with van der Waals surface area (Å²) < 4.78 is 39.6. The highest BCUT2D eigenvalue weighted by Crippen LogP contribution is 2.56. The number of hydrogen-bond donors (Lipinski definition) is 1. The van der Waals surface area contributed by atoms with Gasteiger partial charge < -0.3 is 9.32 Å². The molecule has 10 heteroatoms. The molecule has 0 bridgehead atoms. The Morgan fingerprint density at radius 2 is 1.07 bits per heavy atom. The van der Waals surface area contributed by atoms with Crippen molar-refractivity contribution in [2.24, 2.45) is 0 Å². The van der Waals surface area contributed by atoms with E-state index in [0.29, 0.717) is 0 Å². The summed E-state index contributed by atoms with van der Waals surface area (Å²) in [5, 5.41) is 3.97. The van der Waals surface area contributed by atoms with Crippen LogP contribution in [0.1, 0.15) is 44.4 Å². The van der Waals surface area contributed by atoms with Crippen molar-refractivity contribution in [1.82, 2.24) is 9.88 Å². The lowest BCUT2D eigenvalue weighted by Crippen LogP contribution is -2.58. The highest BCUT2D eigenvalue weighted by molar-refractivity contribution is 8.01. The summed E-state index contributed by atoms with van der Waals surface area (Å²) in [4.78, 5) is 10.5. The highest BCUT2D eigenvalue weighted by Gasteiger charge is 2.53. The minimum atomic E-state index is -4.69. The molecular weight excluding hydrogens is 573 g/mol. The van der Waals surface area contributed by atoms with Gasteiger partial charge in [0.1, 0.15) is 15.9 Å². The summed E-state index contributed by atoms with van der Waals surface area (Å²) in [5.74, 6) is 1.86. The molecule has 0 aliphatic carbocycles. The van der Waals surface area contributed by atoms with Crippen molar-refractivity contribution in [3.8, 4) is 0 Å². The predicted molar refractivity (Wildman–Crippen MR) is 159 cm³/mol. The van der Waals surface area contributed by atoms with Crippen molar-refractivity contribution in [2.75, 3.05) is 31.1 Å². The van der Waals surface area contributed by atoms with E-state index in [1.54, 1.807) is 0 Å². The van der Waals surface area contributed by atoms with Crippen LogP contribution in [0.25, 0.3) is 0 Å². The van der Waals surface area contributed by atoms with E-state index in [9.17, 15) is 0 Å². The summed E-state index contributed by atoms with van der Waals surface area (Å²) in [6.07, 6.45) is 7.56. The second-order valence-electron chi connectivity index (χ2n) is 10.7. The van der Waals surface area contributed by atoms with Crippen LogP contribution in [0, 0.1) is 10.2 Å². The van der Waals surface area contributed by atoms with Gasteiger partial charge in [0.25, 0.3) is 11.3 Å². The van der Waals surface area contributed by atoms with Crippen LogP contribution in [0.2, 0.25) is 0 Å². The molecule has 2 aliphatic rings. The summed E-state index contributed by atoms with van der Waals surface area (Å²) in [5.41, 5.74) is 1.13. The first-order chi connectivity index (χ1) is 20.4. The Labute approximate surface area is 250 Å². The van der Waals surface area contributed by atoms with E-state index < -0.39 is 17.5 Å². The van der Waals surface area contributed by atoms with E-state index in [1.807, 2.05) is 0 Å². The minimum absolute atomic E-state index is 0.791. The van der Waals surface area contributed by atoms with Gasteiger partial charge in [-0.2, -0.15) is 19.0 Å². The number of nitrogens with zero attached hydrogens (tertiary/aromatic N) is 3. The summed E-state index contributed by atoms with van der Waals surface area (Å²) in [6, 6.07) is 33.2. The number of piperidine rings is 2. The molecule has 6 rings (SSSR count). The van der Waals surface area contributed by atoms with Gasteiger partial charge in [-0.1, -0.05) is 61.0 Å². The maximum Gasteiger partial charge on any atom is 0.261 e. The second kappa shape index (κ2) is 14.1. The molecule has 4 aromatic rings. The first kappa shape index (κ1) is 30.6. The molecule has 222 valence electrons. The van der Waals surface area contributed by atoms with Crippen LogP contribution in [0.15, 0.2) is 95.4 Å². The number of oxazole rings is 1. The smallest absolute Gasteiger partial charge is 0.261 e. The Kier molecular flexibility index (Phi) is 10.3. The zero-order valence-electron chi connectivity index (χ0n) is 23.7. The van der Waals surface area contributed by atoms with Crippen LogP contribution < -0.4 is 40.2 Å². The molecule has 0 atom stereocenters. The fourth-order valence-corrected chi connectivity index (χ4v) is 10.2. The predicted octanol–water partition coefficient (Wildman–Crippen LogP) is 1.15. The zero-order chi connectivity index (χ0) is 29.4. The molecule has 3 heterocycles. The normalized spacial score (nSPS) is 16.5. The number of benzene rings is 3. The van der Waals surface area contributed by atoms with Crippen molar-refractivity contribution >= 4 is 34.5 Å². The van der Waals surface area contributed by atoms with Crippen LogP contribution in [0.3, 0.4) is 0 Å². The van der Waals surface area contributed by atoms with E-state index in [0.717, 1.165) is 49.9 Å². The van der Waals surface area contributed by atoms with E-state index in [4.69, 9.17) is 28.0 Å². The van der Waals surface area contributed by atoms with Gasteiger partial charge in [0.15, 0.2) is 7.26 Å². The third-order valence-corrected chi connectivity index (χ3v) is 12.0. The highest BCUT2D eigenvalue weighted by atomic mass is 35.7. The molecule has 0 unspecified atom stereocenters. The van der Waals surface area contributed by atoms with Crippen molar-refractivity contribution in [2.45, 2.75) is 45.1 Å². The number of anilines is 1. The molecule has 2 aliphatic heterocycles. The molecule has 0 spiro atoms. The van der Waals surface area contributed by atoms with E-state index in [-0.39, 0.29) is 0 Å². The van der Waals surface area contributed by atoms with Gasteiger partial charge in [-0.05, 0) is 81.6 Å². The minimum Gasteiger partial charge on any atom is -0.419 e. The molecule has 1 N–H and O–H groups in total. The Bertz CT molecular complexity index is 1270. The molecule has 42 heavy (non-hydrogen) atoms. The summed E-state index contributed by atoms with van der Waals surface area (Å²) in [7, 11) is -7.00. The molecule has 2 fully saturated rings. The average molecular weight is 611 g/mol. The fraction of sp³-hybridized carbons (Fsp3) is 0.344. The number of likely N-dealkylation sites (tertiary alicyclic amines) is 1. The number of hydrogen-bond acceptors (Lipinski definition) is 8. The lowest BCUT2D eigenvalue weighted by Gasteiger charge is -2.30. The van der Waals surface area contributed by atoms with E-state index in [2.05, 4.69) is 101 Å². The van der Waals surface area contributed by atoms with Crippen molar-refractivity contribution in [1.29, 1.82) is 0 Å². The second-order valence-corrected chi connectivity index (χ2v) is 14.8. The molecule has 3 aromatic carbocycles. The van der Waals surface area contributed by atoms with E-state index in [1.165, 1.54) is 54.4 Å². The summed E-state index contributed by atoms with van der Waals surface area (Å²) in [6.45, 7) is 5.12. The van der Waals surface area contributed by atoms with Gasteiger partial charge >= 0.3 is 0 Å². The van der Waals surface area contributed by atoms with Crippen LogP contribution >= 0.6 is 7.26 Å². The van der Waals surface area contributed by atoms with Gasteiger partial charge in [0.2, 0.25) is 5.89 Å². The molecular formula is C32H38ClN3O5P+. The van der Waals surface area contributed by atoms with Gasteiger partial charge in [-0.15, -0.1) is 0 Å². The third-order valence-electron chi connectivity index (χ3n) is 7.84. The number of halogens is 1. The first-order valence-electron chi connectivity index (χ1n) is 14.5. The molecule has 1 aromatic heterocycles. The van der Waals surface area contributed by atoms with Crippen molar-refractivity contribution in [3.05, 3.63) is 96.9 Å². The monoisotopic (exact) mass is 610 g/mol. The Morgan fingerprint density at radius 1 is 0.667 bits per heavy atom. The fourth-order valence-electron chi connectivity index (χ4n) is 6.01. The van der Waals surface area contributed by atoms with Crippen LogP contribution in [0.5, 0.6) is 0 Å². The van der Waals surface area contributed by atoms with Crippen molar-refractivity contribution in [3.63, 3.8) is 0 Å². The third kappa shape index (κ3) is 7.39. The maximum atomic E-state index is 8.60. The topological polar surface area (TPSA) is 122 Å². The van der Waals surface area contributed by atoms with Gasteiger partial charge in [-0.3, -0.25) is 4.90 Å². The van der Waals surface area contributed by atoms with Crippen molar-refractivity contribution < 1.29 is 33.3 Å². The molecule has 0 radical (unpaired) electrons. The zero-order valence-corrected chi connectivity index (χ0v) is 25.3. The molecule has 8 nitrogen and oxygen atoms in total. The number of aromatic nitrogens is 1. The maximum absolute atomic E-state index is 8.60. The first-order valence-corrected chi connectivity index (χ1v) is 17.6. The van der Waals surface area contributed by atoms with E-state index >= 15 is 0 Å². The standard InChI is InChI=1S/C32H37N3OP.ClHO4/c1-6-16-27(17-7-1)37(28-18-8-2-9-19-28,29-20-10-3-11-21-29)31-32(35-24-14-5-15-25-35)36-30(33-31)26-34-22-12-4-13-23-34;2-1(3,4)5/h1-3,6-11,16-21H,4-5,12-15,22-26H2;(H,2,3,4,5)/q+1;. The van der Waals surface area contributed by atoms with Gasteiger partial charge in [-0.25, -0.2) is 0 Å². The quantitative estimate of drug-likeness (QED) is 0.309. The lowest BCUT2D eigenvalue weighted by atomic mass is 10.1. The average Bonchev–Trinajstić information content (AvgIpc) is 3.43. The molecule has 0 saturated carbocycles. The SMILES string of the molecule is [O-][Cl+3]([O-])([O-])O.c1ccc([P+](c2ccccc2)(c2ccccc2)c2nc(CN3CCCCC3)oc2N2CCCCC2)cc1. The molecule has 0 amide bonds. The van der Waals surface area contributed by atoms with Gasteiger partial charge in [0.05, 0.1) is 21.4 Å². The largest absolute Gasteiger partial charge is 0.419 e. The Hall–Kier alpha value is -2.81. The van der Waals surface area contributed by atoms with Crippen LogP contribution in [-0.2, 0) is 6.54 Å². The lowest BCUT2D eigenvalue weighted by molar-refractivity contribution is -1.92. The van der Waals surface area contributed by atoms with Crippen LogP contribution in [-0.4, -0.2) is 40.7 Å². The number of rotatable bonds is 7. The molecule has 2 saturated heterocycles. The summed E-state index contributed by atoms with van der Waals surface area (Å²) >= 11 is 0. The Balaban J connectivity index is 0.000000652. The Morgan fingerprint density at radius 3 is 1.50 bits per heavy atom.